The van der Waals surface area contributed by atoms with E-state index >= 15 is 0 Å². The Labute approximate surface area is 136 Å². The number of thiophene rings is 1. The van der Waals surface area contributed by atoms with Crippen LogP contribution in [0.15, 0.2) is 27.4 Å². The summed E-state index contributed by atoms with van der Waals surface area (Å²) in [6, 6.07) is 4.87. The van der Waals surface area contributed by atoms with Gasteiger partial charge in [0.25, 0.3) is 0 Å². The van der Waals surface area contributed by atoms with E-state index < -0.39 is 17.2 Å². The van der Waals surface area contributed by atoms with Gasteiger partial charge in [0, 0.05) is 16.2 Å². The molecule has 2 heterocycles. The Morgan fingerprint density at radius 2 is 2.05 bits per heavy atom. The minimum absolute atomic E-state index is 0. The van der Waals surface area contributed by atoms with Crippen molar-refractivity contribution < 1.29 is 43.9 Å². The average Bonchev–Trinajstić information content (AvgIpc) is 2.62. The summed E-state index contributed by atoms with van der Waals surface area (Å²) < 4.78 is 4.78. The number of aryl methyl sites for hydroxylation is 2. The van der Waals surface area contributed by atoms with Crippen molar-refractivity contribution in [1.29, 1.82) is 0 Å². The Bertz CT molecular complexity index is 657. The first-order valence-electron chi connectivity index (χ1n) is 5.37. The van der Waals surface area contributed by atoms with E-state index in [0.717, 1.165) is 15.8 Å². The topological polar surface area (TPSA) is 70.3 Å². The molecule has 0 aliphatic heterocycles. The fourth-order valence-corrected chi connectivity index (χ4v) is 2.55. The molecule has 0 bridgehead atoms. The zero-order valence-electron chi connectivity index (χ0n) is 11.0. The molecule has 0 aliphatic rings. The molecular formula is C13H11NaO4S. The summed E-state index contributed by atoms with van der Waals surface area (Å²) >= 11 is 1.47. The molecule has 0 radical (unpaired) electrons. The molecule has 0 unspecified atom stereocenters. The number of hydrogen-bond acceptors (Lipinski definition) is 5. The summed E-state index contributed by atoms with van der Waals surface area (Å²) in [5.74, 6) is -0.842. The fourth-order valence-electron chi connectivity index (χ4n) is 1.66. The summed E-state index contributed by atoms with van der Waals surface area (Å²) in [4.78, 5) is 25.3. The SMILES string of the molecule is Cc1cc([O-])c(C(=O)Cc2ccc(C)s2)c(=O)o1.[Na+]. The van der Waals surface area contributed by atoms with Gasteiger partial charge in [0.2, 0.25) is 0 Å². The van der Waals surface area contributed by atoms with Gasteiger partial charge in [-0.25, -0.2) is 4.79 Å². The fraction of sp³-hybridized carbons (Fsp3) is 0.231. The molecule has 0 amide bonds. The maximum absolute atomic E-state index is 11.9. The van der Waals surface area contributed by atoms with Gasteiger partial charge in [-0.1, -0.05) is 5.75 Å². The van der Waals surface area contributed by atoms with Crippen molar-refractivity contribution in [3.05, 3.63) is 49.7 Å². The molecule has 0 atom stereocenters. The van der Waals surface area contributed by atoms with E-state index in [2.05, 4.69) is 0 Å². The van der Waals surface area contributed by atoms with Crippen LogP contribution >= 0.6 is 11.3 Å². The predicted molar refractivity (Wildman–Crippen MR) is 66.3 cm³/mol. The summed E-state index contributed by atoms with van der Waals surface area (Å²) in [5.41, 5.74) is -1.23. The molecular weight excluding hydrogens is 275 g/mol. The van der Waals surface area contributed by atoms with Crippen LogP contribution in [0.5, 0.6) is 5.75 Å². The second-order valence-corrected chi connectivity index (χ2v) is 5.37. The van der Waals surface area contributed by atoms with E-state index in [1.54, 1.807) is 0 Å². The number of hydrogen-bond donors (Lipinski definition) is 0. The minimum atomic E-state index is -0.849. The monoisotopic (exact) mass is 286 g/mol. The van der Waals surface area contributed by atoms with E-state index in [0.29, 0.717) is 0 Å². The van der Waals surface area contributed by atoms with Crippen molar-refractivity contribution in [2.24, 2.45) is 0 Å². The summed E-state index contributed by atoms with van der Waals surface area (Å²) in [6.07, 6.45) is 0.0571. The molecule has 0 aromatic carbocycles. The third-order valence-electron chi connectivity index (χ3n) is 2.45. The van der Waals surface area contributed by atoms with Crippen LogP contribution in [0.1, 0.15) is 25.9 Å². The Morgan fingerprint density at radius 3 is 2.58 bits per heavy atom. The smallest absolute Gasteiger partial charge is 0.872 e. The summed E-state index contributed by atoms with van der Waals surface area (Å²) in [6.45, 7) is 3.43. The first-order chi connectivity index (χ1) is 8.47. The summed E-state index contributed by atoms with van der Waals surface area (Å²) in [7, 11) is 0. The van der Waals surface area contributed by atoms with Gasteiger partial charge in [0.05, 0.1) is 5.56 Å². The van der Waals surface area contributed by atoms with Gasteiger partial charge in [0.15, 0.2) is 5.78 Å². The number of carbonyl (C=O) groups excluding carboxylic acids is 1. The molecule has 2 aromatic rings. The van der Waals surface area contributed by atoms with Gasteiger partial charge < -0.3 is 9.52 Å². The zero-order chi connectivity index (χ0) is 13.3. The molecule has 0 aliphatic carbocycles. The van der Waals surface area contributed by atoms with E-state index in [9.17, 15) is 14.7 Å². The molecule has 2 aromatic heterocycles. The van der Waals surface area contributed by atoms with Gasteiger partial charge in [-0.15, -0.1) is 11.3 Å². The van der Waals surface area contributed by atoms with Crippen LogP contribution in [-0.2, 0) is 6.42 Å². The maximum Gasteiger partial charge on any atom is 1.00 e. The zero-order valence-corrected chi connectivity index (χ0v) is 13.8. The Balaban J connectivity index is 0.00000180. The molecule has 0 fully saturated rings. The molecule has 0 saturated heterocycles. The third-order valence-corrected chi connectivity index (χ3v) is 3.45. The van der Waals surface area contributed by atoms with Crippen LogP contribution in [0.25, 0.3) is 0 Å². The first kappa shape index (κ1) is 16.2. The Kier molecular flexibility index (Phi) is 5.55. The van der Waals surface area contributed by atoms with Gasteiger partial charge >= 0.3 is 35.2 Å². The molecule has 0 N–H and O–H groups in total. The first-order valence-corrected chi connectivity index (χ1v) is 6.19. The Hall–Kier alpha value is -0.880. The maximum atomic E-state index is 11.9. The van der Waals surface area contributed by atoms with Gasteiger partial charge in [-0.3, -0.25) is 4.79 Å². The van der Waals surface area contributed by atoms with Gasteiger partial charge in [0.1, 0.15) is 5.76 Å². The second kappa shape index (κ2) is 6.52. The molecule has 0 saturated carbocycles. The van der Waals surface area contributed by atoms with Crippen LogP contribution in [0.2, 0.25) is 0 Å². The third kappa shape index (κ3) is 3.79. The normalized spacial score (nSPS) is 10.0. The molecule has 0 spiro atoms. The summed E-state index contributed by atoms with van der Waals surface area (Å²) in [5, 5.41) is 11.6. The van der Waals surface area contributed by atoms with Crippen molar-refractivity contribution in [3.63, 3.8) is 0 Å². The minimum Gasteiger partial charge on any atom is -0.872 e. The molecule has 6 heteroatoms. The van der Waals surface area contributed by atoms with E-state index in [1.165, 1.54) is 18.3 Å². The van der Waals surface area contributed by atoms with Crippen molar-refractivity contribution in [2.75, 3.05) is 0 Å². The molecule has 94 valence electrons. The number of rotatable bonds is 3. The van der Waals surface area contributed by atoms with Crippen LogP contribution in [0, 0.1) is 13.8 Å². The van der Waals surface area contributed by atoms with Crippen molar-refractivity contribution in [2.45, 2.75) is 20.3 Å². The van der Waals surface area contributed by atoms with Crippen LogP contribution in [0.3, 0.4) is 0 Å². The Morgan fingerprint density at radius 1 is 1.37 bits per heavy atom. The predicted octanol–water partition coefficient (Wildman–Crippen LogP) is -1.18. The van der Waals surface area contributed by atoms with Gasteiger partial charge in [-0.05, 0) is 32.0 Å². The van der Waals surface area contributed by atoms with Crippen molar-refractivity contribution in [1.82, 2.24) is 0 Å². The van der Waals surface area contributed by atoms with E-state index in [1.807, 2.05) is 19.1 Å². The standard InChI is InChI=1S/C13H12O4S.Na/c1-7-5-10(14)12(13(16)17-7)11(15)6-9-4-3-8(2)18-9;/h3-5,14H,6H2,1-2H3;/q;+1/p-1. The number of carbonyl (C=O) groups is 1. The van der Waals surface area contributed by atoms with Gasteiger partial charge in [-0.2, -0.15) is 0 Å². The second-order valence-electron chi connectivity index (χ2n) is 4.00. The quantitative estimate of drug-likeness (QED) is 0.526. The molecule has 19 heavy (non-hydrogen) atoms. The van der Waals surface area contributed by atoms with Crippen LogP contribution < -0.4 is 40.3 Å². The van der Waals surface area contributed by atoms with E-state index in [4.69, 9.17) is 4.42 Å². The molecule has 4 nitrogen and oxygen atoms in total. The molecule has 2 rings (SSSR count). The van der Waals surface area contributed by atoms with Crippen molar-refractivity contribution >= 4 is 17.1 Å². The van der Waals surface area contributed by atoms with Crippen LogP contribution in [-0.4, -0.2) is 5.78 Å². The van der Waals surface area contributed by atoms with Crippen molar-refractivity contribution in [3.8, 4) is 5.75 Å². The number of ketones is 1. The van der Waals surface area contributed by atoms with E-state index in [-0.39, 0.29) is 47.3 Å². The number of Topliss-reactive ketones (excluding diaryl/α,β-unsaturated/α-hetero) is 1. The average molecular weight is 286 g/mol. The largest absolute Gasteiger partial charge is 1.00 e. The van der Waals surface area contributed by atoms with Crippen LogP contribution in [0.4, 0.5) is 0 Å².